The molecule has 1 heterocycles. The van der Waals surface area contributed by atoms with Crippen molar-refractivity contribution in [3.05, 3.63) is 17.5 Å². The molecule has 0 saturated heterocycles. The standard InChI is InChI=1S/C13H22N4/c1-9-11(12(14)15)8-17(16-9)10-4-6-13(2,3)7-5-10/h8,10H,4-7H2,1-3H3,(H3,14,15). The lowest BCUT2D eigenvalue weighted by Gasteiger charge is -2.34. The van der Waals surface area contributed by atoms with Crippen molar-refractivity contribution < 1.29 is 0 Å². The Kier molecular flexibility index (Phi) is 2.98. The van der Waals surface area contributed by atoms with E-state index < -0.39 is 0 Å². The van der Waals surface area contributed by atoms with Crippen molar-refractivity contribution in [1.29, 1.82) is 5.41 Å². The van der Waals surface area contributed by atoms with Crippen LogP contribution in [-0.4, -0.2) is 15.6 Å². The molecule has 3 N–H and O–H groups in total. The number of nitrogen functional groups attached to an aromatic ring is 1. The van der Waals surface area contributed by atoms with E-state index in [0.29, 0.717) is 11.5 Å². The van der Waals surface area contributed by atoms with Crippen LogP contribution in [0.2, 0.25) is 0 Å². The Balaban J connectivity index is 2.14. The van der Waals surface area contributed by atoms with Crippen LogP contribution in [-0.2, 0) is 0 Å². The van der Waals surface area contributed by atoms with Crippen molar-refractivity contribution in [2.45, 2.75) is 52.5 Å². The molecule has 1 aliphatic rings. The lowest BCUT2D eigenvalue weighted by atomic mass is 9.76. The molecule has 2 rings (SSSR count). The normalized spacial score (nSPS) is 20.4. The molecule has 1 aliphatic carbocycles. The summed E-state index contributed by atoms with van der Waals surface area (Å²) < 4.78 is 2.02. The van der Waals surface area contributed by atoms with Gasteiger partial charge in [-0.3, -0.25) is 10.1 Å². The minimum atomic E-state index is 0.116. The molecule has 4 nitrogen and oxygen atoms in total. The maximum absolute atomic E-state index is 7.49. The van der Waals surface area contributed by atoms with E-state index in [4.69, 9.17) is 11.1 Å². The fourth-order valence-corrected chi connectivity index (χ4v) is 2.58. The van der Waals surface area contributed by atoms with Crippen molar-refractivity contribution in [3.8, 4) is 0 Å². The van der Waals surface area contributed by atoms with Crippen LogP contribution >= 0.6 is 0 Å². The molecule has 17 heavy (non-hydrogen) atoms. The molecule has 0 atom stereocenters. The van der Waals surface area contributed by atoms with Gasteiger partial charge in [-0.15, -0.1) is 0 Å². The highest BCUT2D eigenvalue weighted by molar-refractivity contribution is 5.95. The summed E-state index contributed by atoms with van der Waals surface area (Å²) in [6, 6.07) is 0.481. The summed E-state index contributed by atoms with van der Waals surface area (Å²) in [6.07, 6.45) is 6.76. The third-order valence-corrected chi connectivity index (χ3v) is 3.89. The first-order chi connectivity index (χ1) is 7.89. The van der Waals surface area contributed by atoms with Crippen LogP contribution in [0.25, 0.3) is 0 Å². The van der Waals surface area contributed by atoms with Crippen LogP contribution in [0.15, 0.2) is 6.20 Å². The number of amidine groups is 1. The average Bonchev–Trinajstić information content (AvgIpc) is 2.60. The molecule has 0 amide bonds. The number of nitrogens with one attached hydrogen (secondary N) is 1. The highest BCUT2D eigenvalue weighted by Crippen LogP contribution is 2.39. The zero-order valence-corrected chi connectivity index (χ0v) is 11.0. The van der Waals surface area contributed by atoms with Gasteiger partial charge in [-0.1, -0.05) is 13.8 Å². The maximum Gasteiger partial charge on any atom is 0.126 e. The monoisotopic (exact) mass is 234 g/mol. The van der Waals surface area contributed by atoms with E-state index in [1.807, 2.05) is 17.8 Å². The largest absolute Gasteiger partial charge is 0.384 e. The Labute approximate surface area is 103 Å². The molecule has 0 unspecified atom stereocenters. The van der Waals surface area contributed by atoms with Crippen molar-refractivity contribution in [2.75, 3.05) is 0 Å². The predicted molar refractivity (Wildman–Crippen MR) is 69.3 cm³/mol. The number of hydrogen-bond acceptors (Lipinski definition) is 2. The first kappa shape index (κ1) is 12.1. The summed E-state index contributed by atoms with van der Waals surface area (Å²) in [6.45, 7) is 6.58. The average molecular weight is 234 g/mol. The SMILES string of the molecule is Cc1nn(C2CCC(C)(C)CC2)cc1C(=N)N. The summed E-state index contributed by atoms with van der Waals surface area (Å²) in [5, 5.41) is 12.0. The zero-order chi connectivity index (χ0) is 12.6. The van der Waals surface area contributed by atoms with Crippen LogP contribution in [0.3, 0.4) is 0 Å². The Morgan fingerprint density at radius 1 is 1.47 bits per heavy atom. The van der Waals surface area contributed by atoms with Gasteiger partial charge in [0.25, 0.3) is 0 Å². The molecule has 0 bridgehead atoms. The zero-order valence-electron chi connectivity index (χ0n) is 11.0. The molecule has 1 aromatic rings. The molecule has 0 aliphatic heterocycles. The van der Waals surface area contributed by atoms with E-state index >= 15 is 0 Å². The Hall–Kier alpha value is -1.32. The molecule has 0 aromatic carbocycles. The van der Waals surface area contributed by atoms with Crippen LogP contribution < -0.4 is 5.73 Å². The Bertz CT molecular complexity index is 421. The third kappa shape index (κ3) is 2.51. The van der Waals surface area contributed by atoms with Gasteiger partial charge in [0.15, 0.2) is 0 Å². The second kappa shape index (κ2) is 4.17. The van der Waals surface area contributed by atoms with E-state index in [9.17, 15) is 0 Å². The van der Waals surface area contributed by atoms with Gasteiger partial charge < -0.3 is 5.73 Å². The van der Waals surface area contributed by atoms with Crippen molar-refractivity contribution in [2.24, 2.45) is 11.1 Å². The van der Waals surface area contributed by atoms with Gasteiger partial charge >= 0.3 is 0 Å². The molecule has 1 saturated carbocycles. The van der Waals surface area contributed by atoms with Gasteiger partial charge in [0.05, 0.1) is 17.3 Å². The first-order valence-corrected chi connectivity index (χ1v) is 6.29. The van der Waals surface area contributed by atoms with E-state index in [1.165, 1.54) is 25.7 Å². The van der Waals surface area contributed by atoms with Crippen molar-refractivity contribution >= 4 is 5.84 Å². The summed E-state index contributed by atoms with van der Waals surface area (Å²) in [5.41, 5.74) is 7.64. The van der Waals surface area contributed by atoms with Crippen molar-refractivity contribution in [1.82, 2.24) is 9.78 Å². The van der Waals surface area contributed by atoms with Crippen LogP contribution in [0.1, 0.15) is 56.8 Å². The quantitative estimate of drug-likeness (QED) is 0.610. The second-order valence-corrected chi connectivity index (χ2v) is 5.92. The molecular weight excluding hydrogens is 212 g/mol. The summed E-state index contributed by atoms with van der Waals surface area (Å²) in [4.78, 5) is 0. The minimum absolute atomic E-state index is 0.116. The number of hydrogen-bond donors (Lipinski definition) is 2. The topological polar surface area (TPSA) is 67.7 Å². The number of nitrogens with zero attached hydrogens (tertiary/aromatic N) is 2. The third-order valence-electron chi connectivity index (χ3n) is 3.89. The fourth-order valence-electron chi connectivity index (χ4n) is 2.58. The highest BCUT2D eigenvalue weighted by atomic mass is 15.3. The van der Waals surface area contributed by atoms with Gasteiger partial charge in [0.2, 0.25) is 0 Å². The fraction of sp³-hybridized carbons (Fsp3) is 0.692. The molecule has 94 valence electrons. The molecular formula is C13H22N4. The second-order valence-electron chi connectivity index (χ2n) is 5.92. The van der Waals surface area contributed by atoms with Gasteiger partial charge in [0.1, 0.15) is 5.84 Å². The predicted octanol–water partition coefficient (Wildman–Crippen LogP) is 2.62. The van der Waals surface area contributed by atoms with E-state index in [-0.39, 0.29) is 5.84 Å². The Morgan fingerprint density at radius 2 is 2.06 bits per heavy atom. The van der Waals surface area contributed by atoms with E-state index in [2.05, 4.69) is 18.9 Å². The summed E-state index contributed by atoms with van der Waals surface area (Å²) in [7, 11) is 0. The highest BCUT2D eigenvalue weighted by Gasteiger charge is 2.28. The Morgan fingerprint density at radius 3 is 2.53 bits per heavy atom. The number of rotatable bonds is 2. The van der Waals surface area contributed by atoms with Gasteiger partial charge in [-0.2, -0.15) is 5.10 Å². The molecule has 1 fully saturated rings. The maximum atomic E-state index is 7.49. The summed E-state index contributed by atoms with van der Waals surface area (Å²) >= 11 is 0. The smallest absolute Gasteiger partial charge is 0.126 e. The molecule has 1 aromatic heterocycles. The number of aromatic nitrogens is 2. The van der Waals surface area contributed by atoms with Gasteiger partial charge in [-0.05, 0) is 38.0 Å². The lowest BCUT2D eigenvalue weighted by molar-refractivity contribution is 0.186. The number of aryl methyl sites for hydroxylation is 1. The van der Waals surface area contributed by atoms with Crippen LogP contribution in [0, 0.1) is 17.7 Å². The van der Waals surface area contributed by atoms with Crippen LogP contribution in [0.4, 0.5) is 0 Å². The van der Waals surface area contributed by atoms with Gasteiger partial charge in [0, 0.05) is 6.20 Å². The minimum Gasteiger partial charge on any atom is -0.384 e. The van der Waals surface area contributed by atoms with E-state index in [1.54, 1.807) is 0 Å². The van der Waals surface area contributed by atoms with Crippen LogP contribution in [0.5, 0.6) is 0 Å². The number of nitrogens with two attached hydrogens (primary N) is 1. The first-order valence-electron chi connectivity index (χ1n) is 6.29. The summed E-state index contributed by atoms with van der Waals surface area (Å²) in [5.74, 6) is 0.116. The van der Waals surface area contributed by atoms with E-state index in [0.717, 1.165) is 11.3 Å². The van der Waals surface area contributed by atoms with Crippen molar-refractivity contribution in [3.63, 3.8) is 0 Å². The van der Waals surface area contributed by atoms with Gasteiger partial charge in [-0.25, -0.2) is 0 Å². The molecule has 0 radical (unpaired) electrons. The lowest BCUT2D eigenvalue weighted by Crippen LogP contribution is -2.23. The molecule has 4 heteroatoms. The molecule has 0 spiro atoms.